The Labute approximate surface area is 120 Å². The largest absolute Gasteiger partial charge is 0.481 e. The van der Waals surface area contributed by atoms with E-state index in [1.54, 1.807) is 6.92 Å². The molecule has 0 spiro atoms. The molecule has 0 aromatic heterocycles. The zero-order valence-electron chi connectivity index (χ0n) is 11.4. The summed E-state index contributed by atoms with van der Waals surface area (Å²) in [6.45, 7) is 2.06. The average Bonchev–Trinajstić information content (AvgIpc) is 2.41. The number of benzene rings is 1. The summed E-state index contributed by atoms with van der Waals surface area (Å²) in [6, 6.07) is 3.92. The summed E-state index contributed by atoms with van der Waals surface area (Å²) in [5, 5.41) is 11.1. The van der Waals surface area contributed by atoms with E-state index in [4.69, 9.17) is 5.11 Å². The third-order valence-electron chi connectivity index (χ3n) is 2.94. The molecule has 1 rings (SSSR count). The van der Waals surface area contributed by atoms with Crippen molar-refractivity contribution in [3.05, 3.63) is 35.4 Å². The van der Waals surface area contributed by atoms with Crippen molar-refractivity contribution in [3.63, 3.8) is 0 Å². The SMILES string of the molecule is CC(CCC(=O)O)CNC(=O)c1ccc(C(F)(F)F)cc1. The molecule has 0 bridgehead atoms. The van der Waals surface area contributed by atoms with E-state index in [0.717, 1.165) is 24.3 Å². The Balaban J connectivity index is 2.51. The van der Waals surface area contributed by atoms with Crippen LogP contribution in [0, 0.1) is 5.92 Å². The smallest absolute Gasteiger partial charge is 0.416 e. The lowest BCUT2D eigenvalue weighted by Crippen LogP contribution is -2.28. The van der Waals surface area contributed by atoms with Gasteiger partial charge in [0.1, 0.15) is 0 Å². The molecule has 4 nitrogen and oxygen atoms in total. The third kappa shape index (κ3) is 5.85. The van der Waals surface area contributed by atoms with Crippen LogP contribution >= 0.6 is 0 Å². The topological polar surface area (TPSA) is 66.4 Å². The summed E-state index contributed by atoms with van der Waals surface area (Å²) in [5.74, 6) is -1.42. The van der Waals surface area contributed by atoms with E-state index < -0.39 is 23.6 Å². The first-order valence-corrected chi connectivity index (χ1v) is 6.37. The van der Waals surface area contributed by atoms with Gasteiger partial charge in [-0.05, 0) is 36.6 Å². The Morgan fingerprint density at radius 3 is 2.29 bits per heavy atom. The minimum Gasteiger partial charge on any atom is -0.481 e. The standard InChI is InChI=1S/C14H16F3NO3/c1-9(2-7-12(19)20)8-18-13(21)10-3-5-11(6-4-10)14(15,16)17/h3-6,9H,2,7-8H2,1H3,(H,18,21)(H,19,20). The number of hydrogen-bond donors (Lipinski definition) is 2. The van der Waals surface area contributed by atoms with Gasteiger partial charge in [-0.2, -0.15) is 13.2 Å². The van der Waals surface area contributed by atoms with Crippen LogP contribution in [0.2, 0.25) is 0 Å². The summed E-state index contributed by atoms with van der Waals surface area (Å²) in [6.07, 6.45) is -4.00. The number of halogens is 3. The lowest BCUT2D eigenvalue weighted by molar-refractivity contribution is -0.138. The highest BCUT2D eigenvalue weighted by Crippen LogP contribution is 2.29. The van der Waals surface area contributed by atoms with E-state index in [0.29, 0.717) is 6.42 Å². The highest BCUT2D eigenvalue weighted by molar-refractivity contribution is 5.94. The minimum absolute atomic E-state index is 0.0112. The second-order valence-corrected chi connectivity index (χ2v) is 4.82. The number of hydrogen-bond acceptors (Lipinski definition) is 2. The molecule has 1 amide bonds. The lowest BCUT2D eigenvalue weighted by atomic mass is 10.1. The molecule has 0 saturated heterocycles. The number of carboxylic acid groups (broad SMARTS) is 1. The molecular formula is C14H16F3NO3. The maximum absolute atomic E-state index is 12.4. The normalized spacial score (nSPS) is 12.8. The van der Waals surface area contributed by atoms with Crippen molar-refractivity contribution in [2.75, 3.05) is 6.54 Å². The monoisotopic (exact) mass is 303 g/mol. The predicted molar refractivity (Wildman–Crippen MR) is 69.8 cm³/mol. The van der Waals surface area contributed by atoms with Crippen LogP contribution in [0.5, 0.6) is 0 Å². The van der Waals surface area contributed by atoms with E-state index in [-0.39, 0.29) is 24.4 Å². The van der Waals surface area contributed by atoms with Gasteiger partial charge < -0.3 is 10.4 Å². The Morgan fingerprint density at radius 2 is 1.81 bits per heavy atom. The van der Waals surface area contributed by atoms with Crippen molar-refractivity contribution in [3.8, 4) is 0 Å². The van der Waals surface area contributed by atoms with Crippen molar-refractivity contribution in [1.82, 2.24) is 5.32 Å². The number of amides is 1. The maximum Gasteiger partial charge on any atom is 0.416 e. The Kier molecular flexibility index (Phi) is 5.75. The number of aliphatic carboxylic acids is 1. The Morgan fingerprint density at radius 1 is 1.24 bits per heavy atom. The molecule has 116 valence electrons. The molecule has 2 N–H and O–H groups in total. The molecule has 1 aromatic carbocycles. The van der Waals surface area contributed by atoms with Crippen LogP contribution in [0.1, 0.15) is 35.7 Å². The molecule has 0 aliphatic carbocycles. The highest BCUT2D eigenvalue weighted by atomic mass is 19.4. The molecule has 0 fully saturated rings. The zero-order chi connectivity index (χ0) is 16.0. The van der Waals surface area contributed by atoms with Gasteiger partial charge in [-0.25, -0.2) is 0 Å². The van der Waals surface area contributed by atoms with Gasteiger partial charge in [0, 0.05) is 18.5 Å². The van der Waals surface area contributed by atoms with Gasteiger partial charge in [-0.1, -0.05) is 6.92 Å². The molecule has 0 aliphatic heterocycles. The second-order valence-electron chi connectivity index (χ2n) is 4.82. The average molecular weight is 303 g/mol. The quantitative estimate of drug-likeness (QED) is 0.849. The van der Waals surface area contributed by atoms with Crippen LogP contribution in [-0.2, 0) is 11.0 Å². The Bertz CT molecular complexity index is 497. The molecular weight excluding hydrogens is 287 g/mol. The van der Waals surface area contributed by atoms with Gasteiger partial charge in [0.25, 0.3) is 5.91 Å². The lowest BCUT2D eigenvalue weighted by Gasteiger charge is -2.12. The second kappa shape index (κ2) is 7.10. The van der Waals surface area contributed by atoms with E-state index in [9.17, 15) is 22.8 Å². The highest BCUT2D eigenvalue weighted by Gasteiger charge is 2.30. The first kappa shape index (κ1) is 17.0. The fourth-order valence-corrected chi connectivity index (χ4v) is 1.65. The number of alkyl halides is 3. The molecule has 0 heterocycles. The van der Waals surface area contributed by atoms with Crippen LogP contribution in [-0.4, -0.2) is 23.5 Å². The summed E-state index contributed by atoms with van der Waals surface area (Å²) in [7, 11) is 0. The zero-order valence-corrected chi connectivity index (χ0v) is 11.4. The molecule has 21 heavy (non-hydrogen) atoms. The molecule has 1 aromatic rings. The van der Waals surface area contributed by atoms with Crippen molar-refractivity contribution in [2.45, 2.75) is 25.9 Å². The van der Waals surface area contributed by atoms with E-state index in [1.807, 2.05) is 0 Å². The number of carbonyl (C=O) groups is 2. The number of rotatable bonds is 6. The molecule has 0 saturated carbocycles. The number of carbonyl (C=O) groups excluding carboxylic acids is 1. The summed E-state index contributed by atoms with van der Waals surface area (Å²) in [4.78, 5) is 22.1. The van der Waals surface area contributed by atoms with Crippen molar-refractivity contribution >= 4 is 11.9 Å². The van der Waals surface area contributed by atoms with Crippen LogP contribution in [0.4, 0.5) is 13.2 Å². The van der Waals surface area contributed by atoms with Gasteiger partial charge in [-0.15, -0.1) is 0 Å². The molecule has 0 aliphatic rings. The molecule has 1 atom stereocenters. The first-order chi connectivity index (χ1) is 9.70. The summed E-state index contributed by atoms with van der Waals surface area (Å²) >= 11 is 0. The summed E-state index contributed by atoms with van der Waals surface area (Å²) in [5.41, 5.74) is -0.678. The number of carboxylic acids is 1. The Hall–Kier alpha value is -2.05. The van der Waals surface area contributed by atoms with Gasteiger partial charge in [0.05, 0.1) is 5.56 Å². The fraction of sp³-hybridized carbons (Fsp3) is 0.429. The third-order valence-corrected chi connectivity index (χ3v) is 2.94. The van der Waals surface area contributed by atoms with E-state index >= 15 is 0 Å². The van der Waals surface area contributed by atoms with Gasteiger partial charge in [0.15, 0.2) is 0 Å². The van der Waals surface area contributed by atoms with Crippen LogP contribution in [0.15, 0.2) is 24.3 Å². The van der Waals surface area contributed by atoms with Crippen molar-refractivity contribution in [1.29, 1.82) is 0 Å². The van der Waals surface area contributed by atoms with E-state index in [2.05, 4.69) is 5.32 Å². The van der Waals surface area contributed by atoms with Crippen molar-refractivity contribution < 1.29 is 27.9 Å². The number of nitrogens with one attached hydrogen (secondary N) is 1. The van der Waals surface area contributed by atoms with Gasteiger partial charge in [0.2, 0.25) is 0 Å². The molecule has 7 heteroatoms. The van der Waals surface area contributed by atoms with Crippen LogP contribution in [0.3, 0.4) is 0 Å². The van der Waals surface area contributed by atoms with Crippen molar-refractivity contribution in [2.24, 2.45) is 5.92 Å². The van der Waals surface area contributed by atoms with Crippen LogP contribution in [0.25, 0.3) is 0 Å². The molecule has 1 unspecified atom stereocenters. The van der Waals surface area contributed by atoms with Crippen LogP contribution < -0.4 is 5.32 Å². The first-order valence-electron chi connectivity index (χ1n) is 6.37. The maximum atomic E-state index is 12.4. The van der Waals surface area contributed by atoms with Gasteiger partial charge >= 0.3 is 12.1 Å². The van der Waals surface area contributed by atoms with E-state index in [1.165, 1.54) is 0 Å². The minimum atomic E-state index is -4.43. The fourth-order valence-electron chi connectivity index (χ4n) is 1.65. The van der Waals surface area contributed by atoms with Gasteiger partial charge in [-0.3, -0.25) is 9.59 Å². The predicted octanol–water partition coefficient (Wildman–Crippen LogP) is 2.94. The summed E-state index contributed by atoms with van der Waals surface area (Å²) < 4.78 is 37.1. The molecule has 0 radical (unpaired) electrons.